The minimum absolute atomic E-state index is 0.0595. The first-order chi connectivity index (χ1) is 19.8. The van der Waals surface area contributed by atoms with Crippen LogP contribution >= 0.6 is 0 Å². The number of nitrogens with two attached hydrogens (primary N) is 1. The molecule has 4 amide bonds. The third-order valence-electron chi connectivity index (χ3n) is 7.39. The summed E-state index contributed by atoms with van der Waals surface area (Å²) in [6, 6.07) is 18.0. The van der Waals surface area contributed by atoms with Gasteiger partial charge in [0, 0.05) is 38.9 Å². The predicted molar refractivity (Wildman–Crippen MR) is 155 cm³/mol. The standard InChI is InChI=1S/C32H35FN4O4/c1-2-17-35-31(40)28(21-23-7-11-24-5-3-4-6-25(24)20-23)37-19-18-36(27(32(37)41)14-15-29(34)38)30(39)16-10-22-8-12-26(33)13-9-22/h2-9,11-13,20,27-28H,1,10,14-19,21H2,(H2,34,38)(H,35,40)/t27-,28+/m0/s1. The molecule has 1 saturated heterocycles. The maximum absolute atomic E-state index is 13.9. The lowest BCUT2D eigenvalue weighted by atomic mass is 9.97. The van der Waals surface area contributed by atoms with Gasteiger partial charge in [-0.15, -0.1) is 6.58 Å². The molecule has 0 spiro atoms. The lowest BCUT2D eigenvalue weighted by molar-refractivity contribution is -0.156. The zero-order valence-electron chi connectivity index (χ0n) is 22.9. The average molecular weight is 559 g/mol. The Labute approximate surface area is 239 Å². The number of hydrogen-bond acceptors (Lipinski definition) is 4. The molecule has 0 bridgehead atoms. The largest absolute Gasteiger partial charge is 0.370 e. The molecule has 3 aromatic rings. The van der Waals surface area contributed by atoms with Gasteiger partial charge in [0.1, 0.15) is 17.9 Å². The maximum Gasteiger partial charge on any atom is 0.246 e. The van der Waals surface area contributed by atoms with Crippen LogP contribution < -0.4 is 11.1 Å². The highest BCUT2D eigenvalue weighted by atomic mass is 19.1. The van der Waals surface area contributed by atoms with Crippen LogP contribution in [0.15, 0.2) is 79.4 Å². The van der Waals surface area contributed by atoms with Crippen LogP contribution in [0.2, 0.25) is 0 Å². The van der Waals surface area contributed by atoms with E-state index in [4.69, 9.17) is 5.73 Å². The van der Waals surface area contributed by atoms with Crippen molar-refractivity contribution in [3.8, 4) is 0 Å². The Morgan fingerprint density at radius 1 is 1.00 bits per heavy atom. The minimum atomic E-state index is -0.928. The molecule has 0 aliphatic carbocycles. The number of rotatable bonds is 12. The molecular formula is C32H35FN4O4. The molecule has 0 radical (unpaired) electrons. The molecule has 2 atom stereocenters. The van der Waals surface area contributed by atoms with Crippen molar-refractivity contribution in [1.82, 2.24) is 15.1 Å². The molecule has 214 valence electrons. The molecule has 9 heteroatoms. The smallest absolute Gasteiger partial charge is 0.246 e. The van der Waals surface area contributed by atoms with Crippen molar-refractivity contribution < 1.29 is 23.6 Å². The van der Waals surface area contributed by atoms with Crippen molar-refractivity contribution in [2.24, 2.45) is 5.73 Å². The van der Waals surface area contributed by atoms with Crippen molar-refractivity contribution >= 4 is 34.4 Å². The maximum atomic E-state index is 13.9. The quantitative estimate of drug-likeness (QED) is 0.333. The summed E-state index contributed by atoms with van der Waals surface area (Å²) in [5.41, 5.74) is 7.09. The lowest BCUT2D eigenvalue weighted by Gasteiger charge is -2.43. The topological polar surface area (TPSA) is 113 Å². The van der Waals surface area contributed by atoms with E-state index in [0.717, 1.165) is 21.9 Å². The van der Waals surface area contributed by atoms with Crippen LogP contribution in [0.1, 0.15) is 30.4 Å². The van der Waals surface area contributed by atoms with Crippen LogP contribution in [0.4, 0.5) is 4.39 Å². The highest BCUT2D eigenvalue weighted by molar-refractivity contribution is 5.94. The van der Waals surface area contributed by atoms with Crippen molar-refractivity contribution in [3.63, 3.8) is 0 Å². The zero-order valence-corrected chi connectivity index (χ0v) is 22.9. The fraction of sp³-hybridized carbons (Fsp3) is 0.312. The van der Waals surface area contributed by atoms with Gasteiger partial charge in [-0.3, -0.25) is 19.2 Å². The summed E-state index contributed by atoms with van der Waals surface area (Å²) in [4.78, 5) is 55.2. The van der Waals surface area contributed by atoms with Crippen molar-refractivity contribution in [2.45, 2.75) is 44.2 Å². The average Bonchev–Trinajstić information content (AvgIpc) is 2.97. The molecule has 4 rings (SSSR count). The molecule has 0 aromatic heterocycles. The number of carbonyl (C=O) groups is 4. The number of hydrogen-bond donors (Lipinski definition) is 2. The van der Waals surface area contributed by atoms with E-state index in [1.807, 2.05) is 42.5 Å². The summed E-state index contributed by atoms with van der Waals surface area (Å²) in [6.07, 6.45) is 2.33. The molecule has 1 fully saturated rings. The monoisotopic (exact) mass is 558 g/mol. The number of benzene rings is 3. The number of halogens is 1. The first kappa shape index (κ1) is 29.5. The van der Waals surface area contributed by atoms with E-state index < -0.39 is 23.9 Å². The Kier molecular flexibility index (Phi) is 9.84. The second-order valence-corrected chi connectivity index (χ2v) is 10.2. The number of piperazine rings is 1. The van der Waals surface area contributed by atoms with E-state index in [-0.39, 0.29) is 62.9 Å². The first-order valence-electron chi connectivity index (χ1n) is 13.8. The first-order valence-corrected chi connectivity index (χ1v) is 13.8. The van der Waals surface area contributed by atoms with Gasteiger partial charge in [0.15, 0.2) is 0 Å². The summed E-state index contributed by atoms with van der Waals surface area (Å²) in [7, 11) is 0. The molecular weight excluding hydrogens is 523 g/mol. The Bertz CT molecular complexity index is 1420. The molecule has 3 N–H and O–H groups in total. The molecule has 0 saturated carbocycles. The van der Waals surface area contributed by atoms with Crippen LogP contribution in [0, 0.1) is 5.82 Å². The van der Waals surface area contributed by atoms with Crippen LogP contribution in [0.25, 0.3) is 10.8 Å². The van der Waals surface area contributed by atoms with Crippen molar-refractivity contribution in [3.05, 3.63) is 96.3 Å². The second kappa shape index (κ2) is 13.7. The Morgan fingerprint density at radius 2 is 1.71 bits per heavy atom. The number of amides is 4. The number of nitrogens with one attached hydrogen (secondary N) is 1. The Balaban J connectivity index is 1.56. The van der Waals surface area contributed by atoms with Gasteiger partial charge in [-0.2, -0.15) is 0 Å². The number of fused-ring (bicyclic) bond motifs is 1. The van der Waals surface area contributed by atoms with Gasteiger partial charge in [-0.1, -0.05) is 60.7 Å². The van der Waals surface area contributed by atoms with Gasteiger partial charge in [-0.25, -0.2) is 4.39 Å². The van der Waals surface area contributed by atoms with Crippen molar-refractivity contribution in [1.29, 1.82) is 0 Å². The van der Waals surface area contributed by atoms with E-state index in [2.05, 4.69) is 11.9 Å². The minimum Gasteiger partial charge on any atom is -0.370 e. The lowest BCUT2D eigenvalue weighted by Crippen LogP contribution is -2.63. The molecule has 3 aromatic carbocycles. The normalized spacial score (nSPS) is 15.9. The number of carbonyl (C=O) groups excluding carboxylic acids is 4. The number of primary amides is 1. The number of aryl methyl sites for hydroxylation is 1. The van der Waals surface area contributed by atoms with Crippen molar-refractivity contribution in [2.75, 3.05) is 19.6 Å². The van der Waals surface area contributed by atoms with Gasteiger partial charge < -0.3 is 20.9 Å². The molecule has 1 aliphatic heterocycles. The highest BCUT2D eigenvalue weighted by Crippen LogP contribution is 2.23. The van der Waals surface area contributed by atoms with E-state index in [1.165, 1.54) is 21.9 Å². The second-order valence-electron chi connectivity index (χ2n) is 10.2. The molecule has 1 aliphatic rings. The van der Waals surface area contributed by atoms with Gasteiger partial charge in [0.25, 0.3) is 0 Å². The fourth-order valence-electron chi connectivity index (χ4n) is 5.24. The molecule has 8 nitrogen and oxygen atoms in total. The van der Waals surface area contributed by atoms with Gasteiger partial charge in [0.05, 0.1) is 0 Å². The summed E-state index contributed by atoms with van der Waals surface area (Å²) in [6.45, 7) is 4.28. The van der Waals surface area contributed by atoms with Gasteiger partial charge >= 0.3 is 0 Å². The van der Waals surface area contributed by atoms with Crippen LogP contribution in [-0.2, 0) is 32.0 Å². The molecule has 41 heavy (non-hydrogen) atoms. The third-order valence-corrected chi connectivity index (χ3v) is 7.39. The van der Waals surface area contributed by atoms with Crippen LogP contribution in [0.5, 0.6) is 0 Å². The summed E-state index contributed by atoms with van der Waals surface area (Å²) < 4.78 is 13.3. The predicted octanol–water partition coefficient (Wildman–Crippen LogP) is 3.13. The van der Waals surface area contributed by atoms with E-state index in [0.29, 0.717) is 6.42 Å². The van der Waals surface area contributed by atoms with Crippen LogP contribution in [-0.4, -0.2) is 65.1 Å². The molecule has 0 unspecified atom stereocenters. The Hall–Kier alpha value is -4.53. The molecule has 1 heterocycles. The zero-order chi connectivity index (χ0) is 29.4. The van der Waals surface area contributed by atoms with Gasteiger partial charge in [-0.05, 0) is 46.9 Å². The van der Waals surface area contributed by atoms with Crippen LogP contribution in [0.3, 0.4) is 0 Å². The number of nitrogens with zero attached hydrogens (tertiary/aromatic N) is 2. The third kappa shape index (κ3) is 7.57. The SMILES string of the molecule is C=CCNC(=O)[C@@H](Cc1ccc2ccccc2c1)N1CCN(C(=O)CCc2ccc(F)cc2)[C@@H](CCC(N)=O)C1=O. The van der Waals surface area contributed by atoms with E-state index >= 15 is 0 Å². The summed E-state index contributed by atoms with van der Waals surface area (Å²) in [5.74, 6) is -1.91. The highest BCUT2D eigenvalue weighted by Gasteiger charge is 2.41. The fourth-order valence-corrected chi connectivity index (χ4v) is 5.24. The summed E-state index contributed by atoms with van der Waals surface area (Å²) >= 11 is 0. The summed E-state index contributed by atoms with van der Waals surface area (Å²) in [5, 5.41) is 4.91. The van der Waals surface area contributed by atoms with E-state index in [9.17, 15) is 23.6 Å². The van der Waals surface area contributed by atoms with Gasteiger partial charge in [0.2, 0.25) is 23.6 Å². The Morgan fingerprint density at radius 3 is 2.41 bits per heavy atom. The van der Waals surface area contributed by atoms with E-state index in [1.54, 1.807) is 18.2 Å².